The Morgan fingerprint density at radius 3 is 2.40 bits per heavy atom. The molecule has 0 saturated carbocycles. The van der Waals surface area contributed by atoms with Crippen molar-refractivity contribution in [3.05, 3.63) is 95.1 Å². The van der Waals surface area contributed by atoms with Crippen molar-refractivity contribution in [3.63, 3.8) is 0 Å². The molecule has 0 unspecified atom stereocenters. The Balaban J connectivity index is 0.000000186. The lowest BCUT2D eigenvalue weighted by Crippen LogP contribution is -2.43. The van der Waals surface area contributed by atoms with Gasteiger partial charge < -0.3 is 26.8 Å². The van der Waals surface area contributed by atoms with E-state index in [4.69, 9.17) is 16.6 Å². The molecule has 5 rings (SSSR count). The number of nitrogens with one attached hydrogen (secondary N) is 1. The Hall–Kier alpha value is -4.54. The maximum atomic E-state index is 12.6. The van der Waals surface area contributed by atoms with Crippen molar-refractivity contribution < 1.29 is 24.3 Å². The summed E-state index contributed by atoms with van der Waals surface area (Å²) in [6.07, 6.45) is 2.77. The first-order valence-corrected chi connectivity index (χ1v) is 13.1. The molecule has 2 heterocycles. The number of hydrogen-bond acceptors (Lipinski definition) is 6. The van der Waals surface area contributed by atoms with Crippen LogP contribution in [-0.4, -0.2) is 54.5 Å². The Morgan fingerprint density at radius 1 is 0.975 bits per heavy atom. The number of carbonyl (C=O) groups is 4. The number of carboxylic acids is 1. The highest BCUT2D eigenvalue weighted by Gasteiger charge is 2.32. The van der Waals surface area contributed by atoms with Gasteiger partial charge in [0.2, 0.25) is 11.8 Å². The Morgan fingerprint density at radius 2 is 1.75 bits per heavy atom. The largest absolute Gasteiger partial charge is 0.480 e. The number of hydrogen-bond donors (Lipinski definition) is 4. The summed E-state index contributed by atoms with van der Waals surface area (Å²) in [5, 5.41) is 12.2. The first-order valence-electron chi connectivity index (χ1n) is 13.1. The summed E-state index contributed by atoms with van der Waals surface area (Å²) in [5.74, 6) is -1.78. The van der Waals surface area contributed by atoms with Gasteiger partial charge in [-0.2, -0.15) is 0 Å². The second-order valence-corrected chi connectivity index (χ2v) is 9.62. The highest BCUT2D eigenvalue weighted by molar-refractivity contribution is 6.08. The van der Waals surface area contributed by atoms with Gasteiger partial charge >= 0.3 is 5.97 Å². The fourth-order valence-electron chi connectivity index (χ4n) is 4.86. The van der Waals surface area contributed by atoms with E-state index in [0.717, 1.165) is 42.6 Å². The number of benzene rings is 3. The maximum absolute atomic E-state index is 12.6. The zero-order chi connectivity index (χ0) is 28.6. The fourth-order valence-corrected chi connectivity index (χ4v) is 4.86. The number of rotatable bonds is 7. The summed E-state index contributed by atoms with van der Waals surface area (Å²) in [4.78, 5) is 50.3. The molecule has 10 heteroatoms. The van der Waals surface area contributed by atoms with E-state index in [9.17, 15) is 19.2 Å². The van der Waals surface area contributed by atoms with Crippen LogP contribution < -0.4 is 26.6 Å². The maximum Gasteiger partial charge on any atom is 0.323 e. The zero-order valence-corrected chi connectivity index (χ0v) is 22.1. The Bertz CT molecular complexity index is 1390. The number of nitrogens with zero attached hydrogens (tertiary/aromatic N) is 2. The molecule has 2 aliphatic heterocycles. The summed E-state index contributed by atoms with van der Waals surface area (Å²) in [6.45, 7) is 1.52. The van der Waals surface area contributed by atoms with E-state index >= 15 is 0 Å². The van der Waals surface area contributed by atoms with Gasteiger partial charge in [-0.1, -0.05) is 36.4 Å². The zero-order valence-electron chi connectivity index (χ0n) is 22.1. The minimum absolute atomic E-state index is 0.0804. The third-order valence-corrected chi connectivity index (χ3v) is 6.91. The lowest BCUT2D eigenvalue weighted by atomic mass is 10.1. The minimum atomic E-state index is -1.07. The molecule has 10 nitrogen and oxygen atoms in total. The molecule has 0 spiro atoms. The number of anilines is 2. The molecular formula is C30H33N5O5. The lowest BCUT2D eigenvalue weighted by Gasteiger charge is -2.21. The number of primary amides is 1. The summed E-state index contributed by atoms with van der Waals surface area (Å²) in [6, 6.07) is 20.9. The first-order chi connectivity index (χ1) is 19.3. The van der Waals surface area contributed by atoms with Gasteiger partial charge in [0.05, 0.1) is 6.04 Å². The number of amides is 3. The van der Waals surface area contributed by atoms with E-state index in [-0.39, 0.29) is 17.9 Å². The molecule has 1 fully saturated rings. The summed E-state index contributed by atoms with van der Waals surface area (Å²) in [5.41, 5.74) is 15.1. The van der Waals surface area contributed by atoms with Gasteiger partial charge in [-0.25, -0.2) is 0 Å². The van der Waals surface area contributed by atoms with Gasteiger partial charge in [0.1, 0.15) is 6.54 Å². The molecule has 1 atom stereocenters. The van der Waals surface area contributed by atoms with Crippen LogP contribution in [0.1, 0.15) is 44.7 Å². The number of para-hydroxylation sites is 1. The Kier molecular flexibility index (Phi) is 9.26. The van der Waals surface area contributed by atoms with Gasteiger partial charge in [0.25, 0.3) is 5.91 Å². The van der Waals surface area contributed by atoms with E-state index in [1.807, 2.05) is 18.2 Å². The van der Waals surface area contributed by atoms with Crippen molar-refractivity contribution in [3.8, 4) is 0 Å². The average Bonchev–Trinajstić information content (AvgIpc) is 3.66. The van der Waals surface area contributed by atoms with E-state index in [1.165, 1.54) is 4.90 Å². The van der Waals surface area contributed by atoms with Crippen LogP contribution in [0.15, 0.2) is 72.8 Å². The normalized spacial score (nSPS) is 15.5. The van der Waals surface area contributed by atoms with Crippen molar-refractivity contribution in [2.24, 2.45) is 11.5 Å². The number of fused-ring (bicyclic) bond motifs is 1. The molecule has 3 aromatic carbocycles. The lowest BCUT2D eigenvalue weighted by molar-refractivity contribution is -0.135. The molecule has 40 heavy (non-hydrogen) atoms. The van der Waals surface area contributed by atoms with Crippen LogP contribution >= 0.6 is 0 Å². The first kappa shape index (κ1) is 28.5. The number of carboxylic acid groups (broad SMARTS) is 1. The van der Waals surface area contributed by atoms with Gasteiger partial charge in [-0.05, 0) is 73.3 Å². The van der Waals surface area contributed by atoms with E-state index in [1.54, 1.807) is 59.5 Å². The topological polar surface area (TPSA) is 159 Å². The SMILES string of the molecule is NC(=O)c1ccc2c(c1)N(C(=O)[C@@H]1CCCN1)CC2.NCc1cccc(C(=O)N(CC(=O)O)c2ccccc2)c1. The van der Waals surface area contributed by atoms with Crippen LogP contribution in [0.4, 0.5) is 11.4 Å². The average molecular weight is 544 g/mol. The molecule has 6 N–H and O–H groups in total. The third kappa shape index (κ3) is 6.71. The van der Waals surface area contributed by atoms with Crippen LogP contribution in [-0.2, 0) is 22.6 Å². The van der Waals surface area contributed by atoms with Crippen molar-refractivity contribution in [1.29, 1.82) is 0 Å². The van der Waals surface area contributed by atoms with Crippen molar-refractivity contribution >= 4 is 35.1 Å². The molecule has 0 aromatic heterocycles. The van der Waals surface area contributed by atoms with Crippen molar-refractivity contribution in [2.75, 3.05) is 29.4 Å². The van der Waals surface area contributed by atoms with Gasteiger partial charge in [-0.3, -0.25) is 24.1 Å². The van der Waals surface area contributed by atoms with Crippen molar-refractivity contribution in [2.45, 2.75) is 31.8 Å². The predicted octanol–water partition coefficient (Wildman–Crippen LogP) is 2.30. The molecule has 0 bridgehead atoms. The molecule has 0 aliphatic carbocycles. The van der Waals surface area contributed by atoms with Crippen LogP contribution in [0.25, 0.3) is 0 Å². The third-order valence-electron chi connectivity index (χ3n) is 6.91. The quantitative estimate of drug-likeness (QED) is 0.356. The molecule has 1 saturated heterocycles. The summed E-state index contributed by atoms with van der Waals surface area (Å²) >= 11 is 0. The van der Waals surface area contributed by atoms with Crippen LogP contribution in [0, 0.1) is 0 Å². The van der Waals surface area contributed by atoms with Crippen molar-refractivity contribution in [1.82, 2.24) is 5.32 Å². The van der Waals surface area contributed by atoms with Gasteiger partial charge in [-0.15, -0.1) is 0 Å². The summed E-state index contributed by atoms with van der Waals surface area (Å²) in [7, 11) is 0. The van der Waals surface area contributed by atoms with E-state index in [0.29, 0.717) is 29.9 Å². The molecule has 208 valence electrons. The second kappa shape index (κ2) is 13.0. The number of carbonyl (C=O) groups excluding carboxylic acids is 3. The number of nitrogens with two attached hydrogens (primary N) is 2. The highest BCUT2D eigenvalue weighted by Crippen LogP contribution is 2.30. The predicted molar refractivity (Wildman–Crippen MR) is 152 cm³/mol. The molecule has 2 aliphatic rings. The van der Waals surface area contributed by atoms with E-state index in [2.05, 4.69) is 5.32 Å². The van der Waals surface area contributed by atoms with Crippen LogP contribution in [0.2, 0.25) is 0 Å². The fraction of sp³-hybridized carbons (Fsp3) is 0.267. The smallest absolute Gasteiger partial charge is 0.323 e. The monoisotopic (exact) mass is 543 g/mol. The standard InChI is InChI=1S/C16H16N2O3.C14H17N3O2/c17-10-12-5-4-6-13(9-12)16(21)18(11-15(19)20)14-7-2-1-3-8-14;15-13(18)10-4-3-9-5-7-17(12(9)8-10)14(19)11-2-1-6-16-11/h1-9H,10-11,17H2,(H,19,20);3-4,8,11,16H,1-2,5-7H2,(H2,15,18)/t;11-/m.0/s1. The van der Waals surface area contributed by atoms with Crippen LogP contribution in [0.3, 0.4) is 0 Å². The van der Waals surface area contributed by atoms with Crippen LogP contribution in [0.5, 0.6) is 0 Å². The Labute approximate surface area is 232 Å². The highest BCUT2D eigenvalue weighted by atomic mass is 16.4. The summed E-state index contributed by atoms with van der Waals surface area (Å²) < 4.78 is 0. The minimum Gasteiger partial charge on any atom is -0.480 e. The number of aliphatic carboxylic acids is 1. The van der Waals surface area contributed by atoms with E-state index < -0.39 is 18.4 Å². The second-order valence-electron chi connectivity index (χ2n) is 9.62. The molecule has 0 radical (unpaired) electrons. The molecular weight excluding hydrogens is 510 g/mol. The molecule has 3 amide bonds. The van der Waals surface area contributed by atoms with Gasteiger partial charge in [0.15, 0.2) is 0 Å². The molecule has 3 aromatic rings. The van der Waals surface area contributed by atoms with Gasteiger partial charge in [0, 0.05) is 35.6 Å².